The maximum Gasteiger partial charge on any atom is 0.416 e. The van der Waals surface area contributed by atoms with E-state index in [-0.39, 0.29) is 35.4 Å². The predicted molar refractivity (Wildman–Crippen MR) is 108 cm³/mol. The highest BCUT2D eigenvalue weighted by Crippen LogP contribution is 2.47. The number of carbonyl (C=O) groups is 2. The predicted octanol–water partition coefficient (Wildman–Crippen LogP) is 4.17. The Bertz CT molecular complexity index is 1020. The SMILES string of the molecule is CC1(N(C(=O)O)C2CCC(c3cc(NC(=O)Cc4cc(C(F)(F)F)ccn4)n[nH]3)C2)CC1. The number of nitrogens with zero attached hydrogens (tertiary/aromatic N) is 3. The quantitative estimate of drug-likeness (QED) is 0.610. The molecule has 0 radical (unpaired) electrons. The number of aromatic amines is 1. The maximum absolute atomic E-state index is 12.8. The lowest BCUT2D eigenvalue weighted by Crippen LogP contribution is -2.45. The van der Waals surface area contributed by atoms with Crippen LogP contribution in [0.15, 0.2) is 24.4 Å². The highest BCUT2D eigenvalue weighted by atomic mass is 19.4. The van der Waals surface area contributed by atoms with E-state index in [1.807, 2.05) is 6.92 Å². The van der Waals surface area contributed by atoms with Crippen molar-refractivity contribution in [1.82, 2.24) is 20.1 Å². The molecule has 2 heterocycles. The minimum Gasteiger partial charge on any atom is -0.465 e. The van der Waals surface area contributed by atoms with Gasteiger partial charge in [-0.15, -0.1) is 0 Å². The molecule has 2 atom stereocenters. The van der Waals surface area contributed by atoms with E-state index in [9.17, 15) is 27.9 Å². The zero-order valence-corrected chi connectivity index (χ0v) is 17.4. The van der Waals surface area contributed by atoms with E-state index in [0.29, 0.717) is 6.42 Å². The molecular formula is C21H24F3N5O3. The van der Waals surface area contributed by atoms with Crippen molar-refractivity contribution >= 4 is 17.8 Å². The third-order valence-electron chi connectivity index (χ3n) is 6.32. The molecule has 2 fully saturated rings. The molecule has 2 unspecified atom stereocenters. The van der Waals surface area contributed by atoms with Gasteiger partial charge in [0.05, 0.1) is 17.7 Å². The number of hydrogen-bond donors (Lipinski definition) is 3. The highest BCUT2D eigenvalue weighted by molar-refractivity contribution is 5.91. The number of amides is 2. The molecule has 11 heteroatoms. The fourth-order valence-electron chi connectivity index (χ4n) is 4.44. The second kappa shape index (κ2) is 8.10. The summed E-state index contributed by atoms with van der Waals surface area (Å²) in [5, 5.41) is 19.2. The summed E-state index contributed by atoms with van der Waals surface area (Å²) >= 11 is 0. The zero-order chi connectivity index (χ0) is 23.1. The van der Waals surface area contributed by atoms with Crippen LogP contribution in [0.5, 0.6) is 0 Å². The number of hydrogen-bond acceptors (Lipinski definition) is 4. The van der Waals surface area contributed by atoms with Crippen LogP contribution in [0.2, 0.25) is 0 Å². The van der Waals surface area contributed by atoms with Gasteiger partial charge in [0, 0.05) is 35.5 Å². The Labute approximate surface area is 182 Å². The van der Waals surface area contributed by atoms with Gasteiger partial charge in [0.15, 0.2) is 5.82 Å². The van der Waals surface area contributed by atoms with Gasteiger partial charge >= 0.3 is 12.3 Å². The van der Waals surface area contributed by atoms with E-state index in [1.54, 1.807) is 11.0 Å². The first-order chi connectivity index (χ1) is 15.0. The van der Waals surface area contributed by atoms with Crippen LogP contribution in [-0.4, -0.2) is 48.8 Å². The van der Waals surface area contributed by atoms with Crippen molar-refractivity contribution in [2.24, 2.45) is 0 Å². The number of alkyl halides is 3. The third-order valence-corrected chi connectivity index (χ3v) is 6.32. The lowest BCUT2D eigenvalue weighted by atomic mass is 10.0. The monoisotopic (exact) mass is 451 g/mol. The van der Waals surface area contributed by atoms with Crippen molar-refractivity contribution < 1.29 is 27.9 Å². The first-order valence-electron chi connectivity index (χ1n) is 10.4. The van der Waals surface area contributed by atoms with E-state index in [4.69, 9.17) is 0 Å². The van der Waals surface area contributed by atoms with E-state index in [2.05, 4.69) is 20.5 Å². The number of H-pyrrole nitrogens is 1. The molecule has 32 heavy (non-hydrogen) atoms. The zero-order valence-electron chi connectivity index (χ0n) is 17.4. The Kier molecular flexibility index (Phi) is 5.59. The van der Waals surface area contributed by atoms with Crippen molar-refractivity contribution in [3.05, 3.63) is 41.3 Å². The number of pyridine rings is 1. The smallest absolute Gasteiger partial charge is 0.416 e. The first-order valence-corrected chi connectivity index (χ1v) is 10.4. The molecule has 0 bridgehead atoms. The minimum absolute atomic E-state index is 0.00838. The van der Waals surface area contributed by atoms with Gasteiger partial charge in [-0.1, -0.05) is 0 Å². The average molecular weight is 451 g/mol. The van der Waals surface area contributed by atoms with Gasteiger partial charge in [-0.3, -0.25) is 19.8 Å². The number of halogens is 3. The molecule has 2 aliphatic rings. The average Bonchev–Trinajstić information content (AvgIpc) is 3.08. The molecule has 0 spiro atoms. The lowest BCUT2D eigenvalue weighted by molar-refractivity contribution is -0.137. The molecule has 0 aliphatic heterocycles. The van der Waals surface area contributed by atoms with E-state index in [0.717, 1.165) is 49.7 Å². The number of aromatic nitrogens is 3. The molecular weight excluding hydrogens is 427 g/mol. The second-order valence-corrected chi connectivity index (χ2v) is 8.78. The third kappa shape index (κ3) is 4.71. The van der Waals surface area contributed by atoms with Crippen LogP contribution in [-0.2, 0) is 17.4 Å². The van der Waals surface area contributed by atoms with Crippen LogP contribution in [0.3, 0.4) is 0 Å². The molecule has 8 nitrogen and oxygen atoms in total. The summed E-state index contributed by atoms with van der Waals surface area (Å²) in [6, 6.07) is 3.33. The summed E-state index contributed by atoms with van der Waals surface area (Å²) in [6.07, 6.45) is -0.702. The normalized spacial score (nSPS) is 21.9. The van der Waals surface area contributed by atoms with E-state index >= 15 is 0 Å². The van der Waals surface area contributed by atoms with Gasteiger partial charge in [-0.05, 0) is 51.2 Å². The molecule has 0 saturated heterocycles. The van der Waals surface area contributed by atoms with Gasteiger partial charge in [0.25, 0.3) is 0 Å². The summed E-state index contributed by atoms with van der Waals surface area (Å²) in [5.74, 6) is -0.171. The van der Waals surface area contributed by atoms with Crippen LogP contribution in [0, 0.1) is 0 Å². The summed E-state index contributed by atoms with van der Waals surface area (Å²) < 4.78 is 38.4. The number of carbonyl (C=O) groups excluding carboxylic acids is 1. The molecule has 2 saturated carbocycles. The molecule has 0 aromatic carbocycles. The highest BCUT2D eigenvalue weighted by Gasteiger charge is 2.50. The summed E-state index contributed by atoms with van der Waals surface area (Å²) in [6.45, 7) is 1.97. The molecule has 2 aliphatic carbocycles. The van der Waals surface area contributed by atoms with Crippen molar-refractivity contribution in [2.75, 3.05) is 5.32 Å². The number of anilines is 1. The van der Waals surface area contributed by atoms with Crippen molar-refractivity contribution in [3.8, 4) is 0 Å². The molecule has 172 valence electrons. The Hall–Kier alpha value is -3.11. The fourth-order valence-corrected chi connectivity index (χ4v) is 4.44. The first kappa shape index (κ1) is 22.1. The Balaban J connectivity index is 1.35. The van der Waals surface area contributed by atoms with Gasteiger partial charge in [0.2, 0.25) is 5.91 Å². The van der Waals surface area contributed by atoms with Crippen LogP contribution in [0.4, 0.5) is 23.8 Å². The van der Waals surface area contributed by atoms with E-state index in [1.165, 1.54) is 0 Å². The maximum atomic E-state index is 12.8. The van der Waals surface area contributed by atoms with Crippen LogP contribution in [0.25, 0.3) is 0 Å². The van der Waals surface area contributed by atoms with Crippen LogP contribution in [0.1, 0.15) is 61.9 Å². The summed E-state index contributed by atoms with van der Waals surface area (Å²) in [4.78, 5) is 29.4. The van der Waals surface area contributed by atoms with Gasteiger partial charge in [0.1, 0.15) is 0 Å². The Morgan fingerprint density at radius 3 is 2.72 bits per heavy atom. The van der Waals surface area contributed by atoms with Crippen molar-refractivity contribution in [1.29, 1.82) is 0 Å². The van der Waals surface area contributed by atoms with Crippen LogP contribution < -0.4 is 5.32 Å². The summed E-state index contributed by atoms with van der Waals surface area (Å²) in [5.41, 5.74) is -0.320. The molecule has 2 aromatic rings. The van der Waals surface area contributed by atoms with Gasteiger partial charge in [-0.25, -0.2) is 4.79 Å². The fraction of sp³-hybridized carbons (Fsp3) is 0.524. The molecule has 2 amide bonds. The number of nitrogens with one attached hydrogen (secondary N) is 2. The number of carboxylic acid groups (broad SMARTS) is 1. The molecule has 3 N–H and O–H groups in total. The minimum atomic E-state index is -4.50. The Morgan fingerprint density at radius 1 is 1.31 bits per heavy atom. The van der Waals surface area contributed by atoms with Crippen molar-refractivity contribution in [2.45, 2.75) is 69.1 Å². The largest absolute Gasteiger partial charge is 0.465 e. The van der Waals surface area contributed by atoms with Gasteiger partial charge in [-0.2, -0.15) is 18.3 Å². The van der Waals surface area contributed by atoms with Crippen molar-refractivity contribution in [3.63, 3.8) is 0 Å². The topological polar surface area (TPSA) is 111 Å². The summed E-state index contributed by atoms with van der Waals surface area (Å²) in [7, 11) is 0. The van der Waals surface area contributed by atoms with Gasteiger partial charge < -0.3 is 10.4 Å². The van der Waals surface area contributed by atoms with Crippen LogP contribution >= 0.6 is 0 Å². The Morgan fingerprint density at radius 2 is 2.06 bits per heavy atom. The van der Waals surface area contributed by atoms with E-state index < -0.39 is 23.7 Å². The lowest BCUT2D eigenvalue weighted by Gasteiger charge is -2.32. The molecule has 4 rings (SSSR count). The standard InChI is InChI=1S/C21H24F3N5O3/c1-20(5-6-20)29(19(31)32)15-3-2-12(8-15)16-11-17(28-27-16)26-18(30)10-14-9-13(4-7-25-14)21(22,23)24/h4,7,9,11-12,15H,2-3,5-6,8,10H2,1H3,(H,31,32)(H2,26,27,28,30). The number of rotatable bonds is 6. The molecule has 2 aromatic heterocycles. The second-order valence-electron chi connectivity index (χ2n) is 8.78.